The van der Waals surface area contributed by atoms with E-state index in [1.807, 2.05) is 12.1 Å². The zero-order valence-electron chi connectivity index (χ0n) is 18.5. The van der Waals surface area contributed by atoms with E-state index in [4.69, 9.17) is 0 Å². The molecular weight excluding hydrogens is 438 g/mol. The maximum atomic E-state index is 13.2. The van der Waals surface area contributed by atoms with Gasteiger partial charge >= 0.3 is 12.1 Å². The predicted molar refractivity (Wildman–Crippen MR) is 119 cm³/mol. The summed E-state index contributed by atoms with van der Waals surface area (Å²) >= 11 is 0. The van der Waals surface area contributed by atoms with E-state index in [2.05, 4.69) is 16.1 Å². The molecule has 10 heteroatoms. The van der Waals surface area contributed by atoms with Crippen LogP contribution in [0.4, 0.5) is 9.59 Å². The van der Waals surface area contributed by atoms with Crippen molar-refractivity contribution in [2.75, 3.05) is 6.54 Å². The topological polar surface area (TPSA) is 128 Å². The van der Waals surface area contributed by atoms with Gasteiger partial charge in [-0.2, -0.15) is 5.01 Å². The zero-order chi connectivity index (χ0) is 24.1. The average Bonchev–Trinajstić information content (AvgIpc) is 3.42. The summed E-state index contributed by atoms with van der Waals surface area (Å²) in [6.45, 7) is 1.12. The van der Waals surface area contributed by atoms with Crippen molar-refractivity contribution >= 4 is 29.8 Å². The van der Waals surface area contributed by atoms with Crippen molar-refractivity contribution in [2.24, 2.45) is 0 Å². The molecule has 3 aliphatic rings. The van der Waals surface area contributed by atoms with E-state index in [1.54, 1.807) is 49.4 Å². The molecule has 2 unspecified atom stereocenters. The van der Waals surface area contributed by atoms with Gasteiger partial charge in [-0.05, 0) is 36.0 Å². The number of carbonyl (C=O) groups is 5. The van der Waals surface area contributed by atoms with Gasteiger partial charge in [0.1, 0.15) is 17.6 Å². The first-order valence-electron chi connectivity index (χ1n) is 11.1. The Morgan fingerprint density at radius 2 is 1.65 bits per heavy atom. The number of hydrogen-bond donors (Lipinski definition) is 3. The summed E-state index contributed by atoms with van der Waals surface area (Å²) in [5, 5.41) is 6.02. The quantitative estimate of drug-likeness (QED) is 0.578. The molecule has 2 saturated heterocycles. The average molecular weight is 461 g/mol. The Balaban J connectivity index is 1.32. The largest absolute Gasteiger partial charge is 0.344 e. The van der Waals surface area contributed by atoms with E-state index in [0.717, 1.165) is 16.0 Å². The van der Waals surface area contributed by atoms with E-state index in [1.165, 1.54) is 0 Å². The number of hydrogen-bond acceptors (Lipinski definition) is 5. The summed E-state index contributed by atoms with van der Waals surface area (Å²) in [5.74, 6) is -2.00. The number of nitrogens with one attached hydrogen (secondary N) is 3. The number of aryl methyl sites for hydroxylation is 1. The minimum absolute atomic E-state index is 0.267. The molecule has 2 aromatic carbocycles. The van der Waals surface area contributed by atoms with Crippen LogP contribution in [0.1, 0.15) is 36.5 Å². The van der Waals surface area contributed by atoms with Crippen molar-refractivity contribution < 1.29 is 24.0 Å². The highest BCUT2D eigenvalue weighted by Crippen LogP contribution is 2.41. The van der Waals surface area contributed by atoms with Crippen molar-refractivity contribution in [1.29, 1.82) is 0 Å². The van der Waals surface area contributed by atoms with Crippen LogP contribution in [0.2, 0.25) is 0 Å². The van der Waals surface area contributed by atoms with Crippen LogP contribution in [-0.2, 0) is 31.9 Å². The molecule has 2 atom stereocenters. The molecule has 174 valence electrons. The Kier molecular flexibility index (Phi) is 4.89. The van der Waals surface area contributed by atoms with Gasteiger partial charge in [0.25, 0.3) is 17.7 Å². The van der Waals surface area contributed by atoms with Gasteiger partial charge < -0.3 is 10.6 Å². The second-order valence-corrected chi connectivity index (χ2v) is 8.61. The molecule has 2 fully saturated rings. The molecule has 0 aromatic heterocycles. The molecule has 1 aliphatic carbocycles. The summed E-state index contributed by atoms with van der Waals surface area (Å²) in [6, 6.07) is 14.6. The number of hydrazine groups is 1. The number of benzene rings is 2. The van der Waals surface area contributed by atoms with Gasteiger partial charge in [-0.25, -0.2) is 9.59 Å². The van der Waals surface area contributed by atoms with Crippen LogP contribution in [0.5, 0.6) is 0 Å². The fraction of sp³-hybridized carbons (Fsp3) is 0.292. The summed E-state index contributed by atoms with van der Waals surface area (Å²) in [4.78, 5) is 65.2. The van der Waals surface area contributed by atoms with Gasteiger partial charge in [-0.15, -0.1) is 0 Å². The lowest BCUT2D eigenvalue weighted by Gasteiger charge is -2.25. The molecule has 0 saturated carbocycles. The Labute approximate surface area is 195 Å². The third kappa shape index (κ3) is 2.98. The van der Waals surface area contributed by atoms with Crippen molar-refractivity contribution in [3.05, 3.63) is 71.3 Å². The summed E-state index contributed by atoms with van der Waals surface area (Å²) in [7, 11) is 0. The molecule has 7 amide bonds. The smallest absolute Gasteiger partial charge is 0.319 e. The van der Waals surface area contributed by atoms with E-state index in [0.29, 0.717) is 23.4 Å². The highest BCUT2D eigenvalue weighted by Gasteiger charge is 2.56. The SMILES string of the molecule is CCC1(c2ccccc2)NC(=O)N(NC(=O)CN2C(=O)NC3(CCc4ccccc43)C2=O)C1=O. The highest BCUT2D eigenvalue weighted by atomic mass is 16.2. The predicted octanol–water partition coefficient (Wildman–Crippen LogP) is 1.27. The summed E-state index contributed by atoms with van der Waals surface area (Å²) < 4.78 is 0. The third-order valence-corrected chi connectivity index (χ3v) is 6.85. The van der Waals surface area contributed by atoms with Crippen LogP contribution in [-0.4, -0.2) is 46.2 Å². The fourth-order valence-electron chi connectivity index (χ4n) is 5.08. The number of imide groups is 2. The van der Waals surface area contributed by atoms with Crippen LogP contribution in [0.15, 0.2) is 54.6 Å². The van der Waals surface area contributed by atoms with Gasteiger partial charge in [0.2, 0.25) is 0 Å². The number of fused-ring (bicyclic) bond motifs is 2. The lowest BCUT2D eigenvalue weighted by Crippen LogP contribution is -2.52. The van der Waals surface area contributed by atoms with Crippen molar-refractivity contribution in [2.45, 2.75) is 37.3 Å². The lowest BCUT2D eigenvalue weighted by atomic mass is 9.87. The van der Waals surface area contributed by atoms with Gasteiger partial charge in [0.05, 0.1) is 0 Å². The summed E-state index contributed by atoms with van der Waals surface area (Å²) in [6.07, 6.45) is 1.30. The van der Waals surface area contributed by atoms with Crippen molar-refractivity contribution in [3.8, 4) is 0 Å². The van der Waals surface area contributed by atoms with E-state index >= 15 is 0 Å². The number of urea groups is 2. The minimum Gasteiger partial charge on any atom is -0.319 e. The maximum Gasteiger partial charge on any atom is 0.344 e. The van der Waals surface area contributed by atoms with Crippen LogP contribution in [0.3, 0.4) is 0 Å². The molecular formula is C24H23N5O5. The van der Waals surface area contributed by atoms with E-state index in [-0.39, 0.29) is 6.42 Å². The summed E-state index contributed by atoms with van der Waals surface area (Å²) in [5.41, 5.74) is 2.03. The molecule has 5 rings (SSSR count). The second kappa shape index (κ2) is 7.68. The maximum absolute atomic E-state index is 13.2. The first-order valence-corrected chi connectivity index (χ1v) is 11.1. The first kappa shape index (κ1) is 21.6. The molecule has 10 nitrogen and oxygen atoms in total. The lowest BCUT2D eigenvalue weighted by molar-refractivity contribution is -0.141. The van der Waals surface area contributed by atoms with Crippen LogP contribution >= 0.6 is 0 Å². The number of amides is 7. The zero-order valence-corrected chi connectivity index (χ0v) is 18.5. The van der Waals surface area contributed by atoms with Crippen LogP contribution in [0, 0.1) is 0 Å². The molecule has 3 N–H and O–H groups in total. The Morgan fingerprint density at radius 3 is 2.38 bits per heavy atom. The van der Waals surface area contributed by atoms with Gasteiger partial charge in [-0.3, -0.25) is 24.7 Å². The third-order valence-electron chi connectivity index (χ3n) is 6.85. The molecule has 2 aliphatic heterocycles. The Hall–Kier alpha value is -4.21. The highest BCUT2D eigenvalue weighted by molar-refractivity contribution is 6.11. The number of nitrogens with zero attached hydrogens (tertiary/aromatic N) is 2. The monoisotopic (exact) mass is 461 g/mol. The molecule has 1 spiro atoms. The Bertz CT molecular complexity index is 1190. The fourth-order valence-corrected chi connectivity index (χ4v) is 5.08. The molecule has 0 radical (unpaired) electrons. The van der Waals surface area contributed by atoms with Crippen molar-refractivity contribution in [3.63, 3.8) is 0 Å². The minimum atomic E-state index is -1.32. The van der Waals surface area contributed by atoms with Crippen molar-refractivity contribution in [1.82, 2.24) is 26.0 Å². The normalized spacial score (nSPS) is 25.6. The standard InChI is InChI=1S/C24H23N5O5/c1-2-23(16-9-4-3-5-10-16)20(32)29(22(34)26-23)27-18(30)14-28-19(31)24(25-21(28)33)13-12-15-8-6-7-11-17(15)24/h3-11H,2,12-14H2,1H3,(H,25,33)(H,26,34)(H,27,30). The van der Waals surface area contributed by atoms with Gasteiger partial charge in [0, 0.05) is 0 Å². The molecule has 2 aromatic rings. The molecule has 0 bridgehead atoms. The number of carbonyl (C=O) groups excluding carboxylic acids is 5. The van der Waals surface area contributed by atoms with Crippen LogP contribution in [0.25, 0.3) is 0 Å². The second-order valence-electron chi connectivity index (χ2n) is 8.61. The van der Waals surface area contributed by atoms with Gasteiger partial charge in [0.15, 0.2) is 0 Å². The molecule has 34 heavy (non-hydrogen) atoms. The Morgan fingerprint density at radius 1 is 0.941 bits per heavy atom. The van der Waals surface area contributed by atoms with Crippen LogP contribution < -0.4 is 16.1 Å². The van der Waals surface area contributed by atoms with Gasteiger partial charge in [-0.1, -0.05) is 61.5 Å². The van der Waals surface area contributed by atoms with E-state index in [9.17, 15) is 24.0 Å². The number of rotatable bonds is 5. The first-order chi connectivity index (χ1) is 16.3. The van der Waals surface area contributed by atoms with E-state index < -0.39 is 47.4 Å². The molecule has 2 heterocycles.